The minimum absolute atomic E-state index is 0.0893. The van der Waals surface area contributed by atoms with E-state index in [4.69, 9.17) is 0 Å². The molecule has 0 rings (SSSR count). The Morgan fingerprint density at radius 1 is 1.67 bits per heavy atom. The normalized spacial score (nSPS) is 9.83. The van der Waals surface area contributed by atoms with Gasteiger partial charge in [0, 0.05) is 13.3 Å². The van der Waals surface area contributed by atoms with Crippen LogP contribution in [0.25, 0.3) is 0 Å². The van der Waals surface area contributed by atoms with Crippen LogP contribution in [0.2, 0.25) is 0 Å². The quantitative estimate of drug-likeness (QED) is 0.254. The molecule has 0 saturated heterocycles. The first kappa shape index (κ1) is 10.6. The first-order chi connectivity index (χ1) is 5.70. The van der Waals surface area contributed by atoms with E-state index in [1.54, 1.807) is 6.92 Å². The number of ether oxygens (including phenoxy) is 1. The lowest BCUT2D eigenvalue weighted by Gasteiger charge is -2.00. The van der Waals surface area contributed by atoms with E-state index in [1.165, 1.54) is 13.3 Å². The Morgan fingerprint density at radius 3 is 2.83 bits per heavy atom. The van der Waals surface area contributed by atoms with Gasteiger partial charge in [0.15, 0.2) is 0 Å². The average Bonchev–Trinajstić information content (AvgIpc) is 2.04. The van der Waals surface area contributed by atoms with Crippen molar-refractivity contribution in [2.45, 2.75) is 13.3 Å². The molecule has 5 heteroatoms. The highest BCUT2D eigenvalue weighted by molar-refractivity contribution is 5.85. The van der Waals surface area contributed by atoms with Gasteiger partial charge >= 0.3 is 5.97 Å². The van der Waals surface area contributed by atoms with Gasteiger partial charge in [-0.1, -0.05) is 0 Å². The van der Waals surface area contributed by atoms with Crippen LogP contribution in [0.15, 0.2) is 5.10 Å². The number of rotatable bonds is 5. The summed E-state index contributed by atoms with van der Waals surface area (Å²) in [5.41, 5.74) is 0. The maximum Gasteiger partial charge on any atom is 0.311 e. The zero-order valence-corrected chi connectivity index (χ0v) is 7.19. The fraction of sp³-hybridized carbons (Fsp3) is 0.571. The highest BCUT2D eigenvalue weighted by atomic mass is 16.5. The molecule has 0 unspecified atom stereocenters. The number of hydrazone groups is 1. The second-order valence-electron chi connectivity index (χ2n) is 1.99. The predicted molar refractivity (Wildman–Crippen MR) is 43.6 cm³/mol. The van der Waals surface area contributed by atoms with Gasteiger partial charge in [0.2, 0.25) is 6.41 Å². The highest BCUT2D eigenvalue weighted by Crippen LogP contribution is 1.83. The zero-order chi connectivity index (χ0) is 9.40. The zero-order valence-electron chi connectivity index (χ0n) is 7.19. The molecule has 0 spiro atoms. The molecule has 5 nitrogen and oxygen atoms in total. The molecular weight excluding hydrogens is 160 g/mol. The van der Waals surface area contributed by atoms with Gasteiger partial charge in [-0.05, 0) is 6.92 Å². The van der Waals surface area contributed by atoms with Crippen LogP contribution in [0, 0.1) is 0 Å². The molecule has 0 saturated carbocycles. The summed E-state index contributed by atoms with van der Waals surface area (Å²) in [6.07, 6.45) is 1.96. The number of amides is 1. The number of carbonyl (C=O) groups excluding carboxylic acids is 2. The van der Waals surface area contributed by atoms with Gasteiger partial charge in [0.05, 0.1) is 13.0 Å². The molecule has 0 aromatic rings. The van der Waals surface area contributed by atoms with Gasteiger partial charge in [0.1, 0.15) is 0 Å². The van der Waals surface area contributed by atoms with E-state index in [1.807, 2.05) is 0 Å². The average molecular weight is 172 g/mol. The van der Waals surface area contributed by atoms with Gasteiger partial charge < -0.3 is 4.74 Å². The van der Waals surface area contributed by atoms with Gasteiger partial charge in [-0.25, -0.2) is 5.01 Å². The molecule has 0 N–H and O–H groups in total. The van der Waals surface area contributed by atoms with Crippen LogP contribution in [-0.4, -0.2) is 37.3 Å². The van der Waals surface area contributed by atoms with Crippen LogP contribution < -0.4 is 0 Å². The summed E-state index contributed by atoms with van der Waals surface area (Å²) in [7, 11) is 1.48. The SMILES string of the molecule is CCOC(=O)CC=NN(C)C=O. The third-order valence-corrected chi connectivity index (χ3v) is 0.980. The van der Waals surface area contributed by atoms with Crippen molar-refractivity contribution in [1.82, 2.24) is 5.01 Å². The van der Waals surface area contributed by atoms with Crippen molar-refractivity contribution in [1.29, 1.82) is 0 Å². The number of carbonyl (C=O) groups is 2. The van der Waals surface area contributed by atoms with Crippen molar-refractivity contribution >= 4 is 18.6 Å². The lowest BCUT2D eigenvalue weighted by molar-refractivity contribution is -0.141. The lowest BCUT2D eigenvalue weighted by Crippen LogP contribution is -2.09. The largest absolute Gasteiger partial charge is 0.466 e. The van der Waals surface area contributed by atoms with Crippen LogP contribution in [0.3, 0.4) is 0 Å². The highest BCUT2D eigenvalue weighted by Gasteiger charge is 1.96. The molecule has 0 aliphatic rings. The predicted octanol–water partition coefficient (Wildman–Crippen LogP) is 0.0136. The second kappa shape index (κ2) is 6.33. The van der Waals surface area contributed by atoms with Gasteiger partial charge in [-0.3, -0.25) is 9.59 Å². The Labute approximate surface area is 71.0 Å². The third kappa shape index (κ3) is 5.40. The van der Waals surface area contributed by atoms with Crippen molar-refractivity contribution in [3.05, 3.63) is 0 Å². The molecule has 0 aromatic carbocycles. The van der Waals surface area contributed by atoms with Crippen LogP contribution in [0.1, 0.15) is 13.3 Å². The summed E-state index contributed by atoms with van der Waals surface area (Å²) >= 11 is 0. The smallest absolute Gasteiger partial charge is 0.311 e. The lowest BCUT2D eigenvalue weighted by atomic mass is 10.5. The fourth-order valence-electron chi connectivity index (χ4n) is 0.491. The molecule has 68 valence electrons. The summed E-state index contributed by atoms with van der Waals surface area (Å²) in [4.78, 5) is 20.7. The van der Waals surface area contributed by atoms with Crippen molar-refractivity contribution in [3.8, 4) is 0 Å². The number of esters is 1. The summed E-state index contributed by atoms with van der Waals surface area (Å²) in [6, 6.07) is 0. The van der Waals surface area contributed by atoms with Gasteiger partial charge in [0.25, 0.3) is 0 Å². The van der Waals surface area contributed by atoms with E-state index >= 15 is 0 Å². The summed E-state index contributed by atoms with van der Waals surface area (Å²) in [6.45, 7) is 2.09. The molecule has 0 aliphatic heterocycles. The molecule has 0 aromatic heterocycles. The van der Waals surface area contributed by atoms with E-state index in [-0.39, 0.29) is 12.4 Å². The molecule has 12 heavy (non-hydrogen) atoms. The molecular formula is C7H12N2O3. The van der Waals surface area contributed by atoms with E-state index in [0.29, 0.717) is 13.0 Å². The monoisotopic (exact) mass is 172 g/mol. The molecule has 0 atom stereocenters. The Morgan fingerprint density at radius 2 is 2.33 bits per heavy atom. The van der Waals surface area contributed by atoms with E-state index < -0.39 is 0 Å². The second-order valence-corrected chi connectivity index (χ2v) is 1.99. The number of hydrogen-bond acceptors (Lipinski definition) is 4. The van der Waals surface area contributed by atoms with Crippen LogP contribution in [0.5, 0.6) is 0 Å². The first-order valence-electron chi connectivity index (χ1n) is 3.57. The Balaban J connectivity index is 3.59. The van der Waals surface area contributed by atoms with Crippen LogP contribution >= 0.6 is 0 Å². The first-order valence-corrected chi connectivity index (χ1v) is 3.57. The van der Waals surface area contributed by atoms with Crippen molar-refractivity contribution in [3.63, 3.8) is 0 Å². The van der Waals surface area contributed by atoms with Crippen LogP contribution in [-0.2, 0) is 14.3 Å². The molecule has 0 fully saturated rings. The standard InChI is InChI=1S/C7H12N2O3/c1-3-12-7(11)4-5-8-9(2)6-10/h5-6H,3-4H2,1-2H3. The van der Waals surface area contributed by atoms with Gasteiger partial charge in [-0.2, -0.15) is 5.10 Å². The molecule has 0 bridgehead atoms. The molecule has 1 amide bonds. The van der Waals surface area contributed by atoms with E-state index in [2.05, 4.69) is 9.84 Å². The molecule has 0 heterocycles. The maximum atomic E-state index is 10.7. The Hall–Kier alpha value is -1.39. The topological polar surface area (TPSA) is 59.0 Å². The van der Waals surface area contributed by atoms with Crippen LogP contribution in [0.4, 0.5) is 0 Å². The molecule has 0 radical (unpaired) electrons. The Bertz CT molecular complexity index is 179. The van der Waals surface area contributed by atoms with E-state index in [9.17, 15) is 9.59 Å². The van der Waals surface area contributed by atoms with Crippen molar-refractivity contribution in [2.24, 2.45) is 5.10 Å². The van der Waals surface area contributed by atoms with Crippen molar-refractivity contribution < 1.29 is 14.3 Å². The van der Waals surface area contributed by atoms with Crippen molar-refractivity contribution in [2.75, 3.05) is 13.7 Å². The number of nitrogens with zero attached hydrogens (tertiary/aromatic N) is 2. The summed E-state index contributed by atoms with van der Waals surface area (Å²) in [5.74, 6) is -0.347. The minimum Gasteiger partial charge on any atom is -0.466 e. The third-order valence-electron chi connectivity index (χ3n) is 0.980. The summed E-state index contributed by atoms with van der Waals surface area (Å²) < 4.78 is 4.62. The number of hydrogen-bond donors (Lipinski definition) is 0. The van der Waals surface area contributed by atoms with E-state index in [0.717, 1.165) is 5.01 Å². The summed E-state index contributed by atoms with van der Waals surface area (Å²) in [5, 5.41) is 4.67. The molecule has 0 aliphatic carbocycles. The fourth-order valence-corrected chi connectivity index (χ4v) is 0.491. The minimum atomic E-state index is -0.347. The maximum absolute atomic E-state index is 10.7. The Kier molecular flexibility index (Phi) is 5.60. The van der Waals surface area contributed by atoms with Gasteiger partial charge in [-0.15, -0.1) is 0 Å².